The van der Waals surface area contributed by atoms with E-state index in [2.05, 4.69) is 34.6 Å². The number of nitrogens with zero attached hydrogens (tertiary/aromatic N) is 1. The molecule has 0 bridgehead atoms. The summed E-state index contributed by atoms with van der Waals surface area (Å²) in [4.78, 5) is 14.3. The molecule has 5 nitrogen and oxygen atoms in total. The molecule has 23 heavy (non-hydrogen) atoms. The number of hydrogen-bond acceptors (Lipinski definition) is 3. The number of nitrogens with one attached hydrogen (secondary N) is 2. The number of aryl methyl sites for hydroxylation is 1. The van der Waals surface area contributed by atoms with Crippen molar-refractivity contribution in [1.82, 2.24) is 5.32 Å². The molecule has 0 spiro atoms. The number of carbonyl (C=O) groups is 1. The zero-order chi connectivity index (χ0) is 16.8. The first-order valence-electron chi connectivity index (χ1n) is 8.57. The van der Waals surface area contributed by atoms with Gasteiger partial charge in [-0.05, 0) is 70.2 Å². The van der Waals surface area contributed by atoms with Crippen molar-refractivity contribution in [1.29, 1.82) is 0 Å². The van der Waals surface area contributed by atoms with E-state index in [9.17, 15) is 9.90 Å². The van der Waals surface area contributed by atoms with E-state index in [1.165, 1.54) is 24.9 Å². The summed E-state index contributed by atoms with van der Waals surface area (Å²) in [5.74, 6) is 0. The van der Waals surface area contributed by atoms with Crippen LogP contribution in [0.4, 0.5) is 16.2 Å². The fourth-order valence-corrected chi connectivity index (χ4v) is 3.01. The SMILES string of the molecule is Cc1cc(N2CCCCC2C)ccc1NC(=O)NCCC(C)O. The highest BCUT2D eigenvalue weighted by Crippen LogP contribution is 2.28. The molecule has 1 aromatic carbocycles. The van der Waals surface area contributed by atoms with Crippen LogP contribution in [0.5, 0.6) is 0 Å². The van der Waals surface area contributed by atoms with Gasteiger partial charge in [-0.1, -0.05) is 0 Å². The van der Waals surface area contributed by atoms with Gasteiger partial charge in [0.25, 0.3) is 0 Å². The molecule has 2 amide bonds. The van der Waals surface area contributed by atoms with Crippen molar-refractivity contribution in [3.63, 3.8) is 0 Å². The number of benzene rings is 1. The first-order valence-corrected chi connectivity index (χ1v) is 8.57. The molecule has 1 heterocycles. The van der Waals surface area contributed by atoms with Crippen LogP contribution in [0.3, 0.4) is 0 Å². The topological polar surface area (TPSA) is 64.6 Å². The van der Waals surface area contributed by atoms with E-state index < -0.39 is 6.10 Å². The van der Waals surface area contributed by atoms with Gasteiger partial charge in [-0.2, -0.15) is 0 Å². The largest absolute Gasteiger partial charge is 0.393 e. The van der Waals surface area contributed by atoms with E-state index in [0.29, 0.717) is 19.0 Å². The van der Waals surface area contributed by atoms with Gasteiger partial charge in [-0.3, -0.25) is 0 Å². The smallest absolute Gasteiger partial charge is 0.319 e. The van der Waals surface area contributed by atoms with Crippen LogP contribution in [-0.4, -0.2) is 36.4 Å². The summed E-state index contributed by atoms with van der Waals surface area (Å²) in [5, 5.41) is 14.8. The number of rotatable bonds is 5. The first kappa shape index (κ1) is 17.6. The number of carbonyl (C=O) groups excluding carboxylic acids is 1. The summed E-state index contributed by atoms with van der Waals surface area (Å²) in [6.07, 6.45) is 3.95. The van der Waals surface area contributed by atoms with E-state index in [4.69, 9.17) is 0 Å². The van der Waals surface area contributed by atoms with Gasteiger partial charge >= 0.3 is 6.03 Å². The fraction of sp³-hybridized carbons (Fsp3) is 0.611. The molecule has 1 fully saturated rings. The molecular formula is C18H29N3O2. The lowest BCUT2D eigenvalue weighted by molar-refractivity contribution is 0.184. The number of amides is 2. The maximum absolute atomic E-state index is 11.9. The second kappa shape index (κ2) is 8.20. The van der Waals surface area contributed by atoms with Gasteiger partial charge in [-0.15, -0.1) is 0 Å². The van der Waals surface area contributed by atoms with Crippen molar-refractivity contribution >= 4 is 17.4 Å². The molecule has 2 atom stereocenters. The van der Waals surface area contributed by atoms with Crippen LogP contribution in [0.15, 0.2) is 18.2 Å². The van der Waals surface area contributed by atoms with Gasteiger partial charge in [-0.25, -0.2) is 4.79 Å². The van der Waals surface area contributed by atoms with Gasteiger partial charge in [0.05, 0.1) is 6.10 Å². The lowest BCUT2D eigenvalue weighted by atomic mass is 10.0. The Morgan fingerprint density at radius 2 is 2.22 bits per heavy atom. The molecular weight excluding hydrogens is 290 g/mol. The van der Waals surface area contributed by atoms with Gasteiger partial charge in [0.2, 0.25) is 0 Å². The summed E-state index contributed by atoms with van der Waals surface area (Å²) in [6.45, 7) is 7.57. The number of urea groups is 1. The summed E-state index contributed by atoms with van der Waals surface area (Å²) < 4.78 is 0. The fourth-order valence-electron chi connectivity index (χ4n) is 3.01. The molecule has 1 aliphatic heterocycles. The Morgan fingerprint density at radius 3 is 2.87 bits per heavy atom. The van der Waals surface area contributed by atoms with E-state index in [0.717, 1.165) is 17.8 Å². The van der Waals surface area contributed by atoms with Crippen LogP contribution in [0.25, 0.3) is 0 Å². The van der Waals surface area contributed by atoms with Crippen molar-refractivity contribution in [3.8, 4) is 0 Å². The van der Waals surface area contributed by atoms with Crippen LogP contribution in [0, 0.1) is 6.92 Å². The van der Waals surface area contributed by atoms with Crippen molar-refractivity contribution in [2.45, 2.75) is 58.6 Å². The first-order chi connectivity index (χ1) is 11.0. The van der Waals surface area contributed by atoms with Gasteiger partial charge in [0.15, 0.2) is 0 Å². The molecule has 1 saturated heterocycles. The Balaban J connectivity index is 1.95. The Hall–Kier alpha value is -1.75. The number of anilines is 2. The predicted molar refractivity (Wildman–Crippen MR) is 95.2 cm³/mol. The van der Waals surface area contributed by atoms with E-state index in [1.807, 2.05) is 13.0 Å². The minimum absolute atomic E-state index is 0.229. The number of hydrogen-bond donors (Lipinski definition) is 3. The predicted octanol–water partition coefficient (Wildman–Crippen LogP) is 3.27. The average Bonchev–Trinajstić information content (AvgIpc) is 2.49. The van der Waals surface area contributed by atoms with Crippen molar-refractivity contribution < 1.29 is 9.90 Å². The van der Waals surface area contributed by atoms with E-state index in [-0.39, 0.29) is 6.03 Å². The summed E-state index contributed by atoms with van der Waals surface area (Å²) >= 11 is 0. The summed E-state index contributed by atoms with van der Waals surface area (Å²) in [7, 11) is 0. The van der Waals surface area contributed by atoms with Crippen LogP contribution < -0.4 is 15.5 Å². The van der Waals surface area contributed by atoms with Crippen molar-refractivity contribution in [2.75, 3.05) is 23.3 Å². The molecule has 0 aliphatic carbocycles. The highest BCUT2D eigenvalue weighted by atomic mass is 16.3. The van der Waals surface area contributed by atoms with Crippen LogP contribution in [-0.2, 0) is 0 Å². The van der Waals surface area contributed by atoms with Crippen LogP contribution in [0.1, 0.15) is 45.1 Å². The summed E-state index contributed by atoms with van der Waals surface area (Å²) in [5.41, 5.74) is 3.12. The average molecular weight is 319 g/mol. The molecule has 0 saturated carbocycles. The van der Waals surface area contributed by atoms with Gasteiger partial charge in [0.1, 0.15) is 0 Å². The van der Waals surface area contributed by atoms with E-state index in [1.54, 1.807) is 6.92 Å². The molecule has 1 aromatic rings. The highest BCUT2D eigenvalue weighted by molar-refractivity contribution is 5.90. The monoisotopic (exact) mass is 319 g/mol. The standard InChI is InChI=1S/C18H29N3O2/c1-13-12-16(21-11-5-4-6-14(21)2)7-8-17(13)20-18(23)19-10-9-15(3)22/h7-8,12,14-15,22H,4-6,9-11H2,1-3H3,(H2,19,20,23). The van der Waals surface area contributed by atoms with Gasteiger partial charge in [0, 0.05) is 30.5 Å². The molecule has 2 rings (SSSR count). The quantitative estimate of drug-likeness (QED) is 0.780. The molecule has 0 radical (unpaired) electrons. The molecule has 5 heteroatoms. The van der Waals surface area contributed by atoms with Crippen molar-refractivity contribution in [2.24, 2.45) is 0 Å². The second-order valence-electron chi connectivity index (χ2n) is 6.56. The lowest BCUT2D eigenvalue weighted by Gasteiger charge is -2.35. The third-order valence-electron chi connectivity index (χ3n) is 4.44. The lowest BCUT2D eigenvalue weighted by Crippen LogP contribution is -2.37. The Labute approximate surface area is 139 Å². The van der Waals surface area contributed by atoms with E-state index >= 15 is 0 Å². The second-order valence-corrected chi connectivity index (χ2v) is 6.56. The maximum Gasteiger partial charge on any atom is 0.319 e. The Bertz CT molecular complexity index is 531. The Morgan fingerprint density at radius 1 is 1.43 bits per heavy atom. The minimum Gasteiger partial charge on any atom is -0.393 e. The van der Waals surface area contributed by atoms with Crippen LogP contribution in [0.2, 0.25) is 0 Å². The maximum atomic E-state index is 11.9. The molecule has 1 aliphatic rings. The molecule has 128 valence electrons. The minimum atomic E-state index is -0.400. The normalized spacial score (nSPS) is 19.3. The molecule has 0 aromatic heterocycles. The van der Waals surface area contributed by atoms with Gasteiger partial charge < -0.3 is 20.6 Å². The van der Waals surface area contributed by atoms with Crippen molar-refractivity contribution in [3.05, 3.63) is 23.8 Å². The molecule has 2 unspecified atom stereocenters. The molecule has 3 N–H and O–H groups in total. The van der Waals surface area contributed by atoms with Crippen LogP contribution >= 0.6 is 0 Å². The highest BCUT2D eigenvalue weighted by Gasteiger charge is 2.19. The summed E-state index contributed by atoms with van der Waals surface area (Å²) in [6, 6.07) is 6.55. The number of aliphatic hydroxyl groups is 1. The zero-order valence-corrected chi connectivity index (χ0v) is 14.4. The third kappa shape index (κ3) is 5.13. The number of piperidine rings is 1. The zero-order valence-electron chi connectivity index (χ0n) is 14.4. The number of aliphatic hydroxyl groups excluding tert-OH is 1. The Kier molecular flexibility index (Phi) is 6.28. The third-order valence-corrected chi connectivity index (χ3v) is 4.44.